The van der Waals surface area contributed by atoms with Crippen LogP contribution in [0.3, 0.4) is 0 Å². The van der Waals surface area contributed by atoms with Crippen molar-refractivity contribution in [3.63, 3.8) is 0 Å². The molecule has 0 aliphatic heterocycles. The van der Waals surface area contributed by atoms with E-state index >= 15 is 0 Å². The summed E-state index contributed by atoms with van der Waals surface area (Å²) in [7, 11) is 2.48. The van der Waals surface area contributed by atoms with E-state index in [1.165, 1.54) is 43.6 Å². The van der Waals surface area contributed by atoms with E-state index in [9.17, 15) is 32.9 Å². The summed E-state index contributed by atoms with van der Waals surface area (Å²) in [4.78, 5) is 38.9. The minimum atomic E-state index is -4.46. The number of aromatic nitrogens is 2. The number of hydrogen-bond acceptors (Lipinski definition) is 5. The highest BCUT2D eigenvalue weighted by atomic mass is 19.4. The van der Waals surface area contributed by atoms with E-state index in [4.69, 9.17) is 0 Å². The number of aliphatic imine (C=N–C) groups is 1. The Morgan fingerprint density at radius 3 is 2.21 bits per heavy atom. The number of nitrogens with zero attached hydrogens (tertiary/aromatic N) is 4. The molecule has 8 nitrogen and oxygen atoms in total. The molecule has 0 saturated carbocycles. The summed E-state index contributed by atoms with van der Waals surface area (Å²) < 4.78 is 40.9. The zero-order valence-corrected chi connectivity index (χ0v) is 18.1. The molecule has 0 unspecified atom stereocenters. The average Bonchev–Trinajstić information content (AvgIpc) is 2.79. The van der Waals surface area contributed by atoms with Gasteiger partial charge in [0.25, 0.3) is 0 Å². The lowest BCUT2D eigenvalue weighted by atomic mass is 10.1. The van der Waals surface area contributed by atoms with E-state index in [1.807, 2.05) is 0 Å². The molecule has 0 amide bonds. The largest absolute Gasteiger partial charge is 0.416 e. The normalized spacial score (nSPS) is 12.0. The SMILES string of the molecule is Cn1c(/C=C/c2ccc(C=NCc3ccccc3C(F)(F)F)cc2)c([N+](=O)[O-])c(=O)n(C)c1=O. The predicted molar refractivity (Wildman–Crippen MR) is 122 cm³/mol. The zero-order valence-electron chi connectivity index (χ0n) is 18.1. The maximum absolute atomic E-state index is 13.1. The predicted octanol–water partition coefficient (Wildman–Crippen LogP) is 3.80. The van der Waals surface area contributed by atoms with Gasteiger partial charge in [0.05, 0.1) is 17.0 Å². The van der Waals surface area contributed by atoms with Crippen molar-refractivity contribution in [2.24, 2.45) is 19.1 Å². The lowest BCUT2D eigenvalue weighted by Gasteiger charge is -2.10. The maximum Gasteiger partial charge on any atom is 0.416 e. The van der Waals surface area contributed by atoms with Crippen LogP contribution in [-0.2, 0) is 26.8 Å². The van der Waals surface area contributed by atoms with Gasteiger partial charge in [0.1, 0.15) is 5.69 Å². The van der Waals surface area contributed by atoms with E-state index < -0.39 is 33.6 Å². The van der Waals surface area contributed by atoms with Gasteiger partial charge in [0.15, 0.2) is 0 Å². The Bertz CT molecular complexity index is 1400. The second kappa shape index (κ2) is 9.69. The third-order valence-electron chi connectivity index (χ3n) is 5.06. The van der Waals surface area contributed by atoms with Crippen molar-refractivity contribution in [2.75, 3.05) is 0 Å². The fourth-order valence-electron chi connectivity index (χ4n) is 3.26. The minimum Gasteiger partial charge on any atom is -0.291 e. The molecule has 3 aromatic rings. The van der Waals surface area contributed by atoms with Crippen LogP contribution < -0.4 is 11.2 Å². The topological polar surface area (TPSA) is 99.5 Å². The maximum atomic E-state index is 13.1. The molecule has 0 N–H and O–H groups in total. The van der Waals surface area contributed by atoms with Crippen LogP contribution in [0.2, 0.25) is 0 Å². The second-order valence-electron chi connectivity index (χ2n) is 7.32. The van der Waals surface area contributed by atoms with Crippen molar-refractivity contribution in [1.82, 2.24) is 9.13 Å². The number of rotatable bonds is 6. The molecule has 1 aromatic heterocycles. The Kier molecular flexibility index (Phi) is 6.94. The fraction of sp³-hybridized carbons (Fsp3) is 0.174. The summed E-state index contributed by atoms with van der Waals surface area (Å²) in [5.41, 5.74) is -1.99. The molecule has 0 radical (unpaired) electrons. The van der Waals surface area contributed by atoms with Crippen molar-refractivity contribution in [2.45, 2.75) is 12.7 Å². The van der Waals surface area contributed by atoms with Crippen LogP contribution in [0.5, 0.6) is 0 Å². The van der Waals surface area contributed by atoms with Crippen LogP contribution in [0, 0.1) is 10.1 Å². The van der Waals surface area contributed by atoms with Crippen LogP contribution in [0.15, 0.2) is 63.1 Å². The summed E-state index contributed by atoms with van der Waals surface area (Å²) in [6.45, 7) is -0.141. The molecule has 0 aliphatic carbocycles. The van der Waals surface area contributed by atoms with E-state index in [0.717, 1.165) is 17.7 Å². The molecule has 11 heteroatoms. The zero-order chi connectivity index (χ0) is 25.0. The molecule has 2 aromatic carbocycles. The first-order chi connectivity index (χ1) is 16.0. The van der Waals surface area contributed by atoms with Gasteiger partial charge < -0.3 is 0 Å². The second-order valence-corrected chi connectivity index (χ2v) is 7.32. The first-order valence-electron chi connectivity index (χ1n) is 9.88. The molecule has 0 saturated heterocycles. The van der Waals surface area contributed by atoms with Gasteiger partial charge in [-0.15, -0.1) is 0 Å². The molecule has 34 heavy (non-hydrogen) atoms. The third kappa shape index (κ3) is 5.20. The van der Waals surface area contributed by atoms with E-state index in [2.05, 4.69) is 4.99 Å². The van der Waals surface area contributed by atoms with E-state index in [1.54, 1.807) is 24.3 Å². The lowest BCUT2D eigenvalue weighted by Crippen LogP contribution is -2.39. The molecule has 1 heterocycles. The number of nitro groups is 1. The molecule has 0 atom stereocenters. The van der Waals surface area contributed by atoms with Crippen molar-refractivity contribution in [1.29, 1.82) is 0 Å². The Labute approximate surface area is 191 Å². The van der Waals surface area contributed by atoms with Gasteiger partial charge in [-0.25, -0.2) is 4.79 Å². The molecule has 0 fully saturated rings. The third-order valence-corrected chi connectivity index (χ3v) is 5.06. The monoisotopic (exact) mass is 472 g/mol. The summed E-state index contributed by atoms with van der Waals surface area (Å²) >= 11 is 0. The quantitative estimate of drug-likeness (QED) is 0.310. The van der Waals surface area contributed by atoms with Crippen LogP contribution in [0.25, 0.3) is 12.2 Å². The van der Waals surface area contributed by atoms with Gasteiger partial charge in [-0.2, -0.15) is 13.2 Å². The Morgan fingerprint density at radius 1 is 0.971 bits per heavy atom. The summed E-state index contributed by atoms with van der Waals surface area (Å²) in [6, 6.07) is 11.9. The number of alkyl halides is 3. The molecular weight excluding hydrogens is 453 g/mol. The summed E-state index contributed by atoms with van der Waals surface area (Å²) in [5, 5.41) is 11.4. The fourth-order valence-corrected chi connectivity index (χ4v) is 3.26. The number of benzene rings is 2. The van der Waals surface area contributed by atoms with Crippen molar-refractivity contribution in [3.05, 3.63) is 107 Å². The minimum absolute atomic E-state index is 0.0620. The van der Waals surface area contributed by atoms with Gasteiger partial charge in [-0.1, -0.05) is 48.5 Å². The molecule has 3 rings (SSSR count). The molecule has 0 aliphatic rings. The van der Waals surface area contributed by atoms with Crippen molar-refractivity contribution in [3.8, 4) is 0 Å². The Morgan fingerprint density at radius 2 is 1.59 bits per heavy atom. The van der Waals surface area contributed by atoms with Crippen LogP contribution in [0.1, 0.15) is 27.9 Å². The average molecular weight is 472 g/mol. The highest BCUT2D eigenvalue weighted by Crippen LogP contribution is 2.32. The lowest BCUT2D eigenvalue weighted by molar-refractivity contribution is -0.387. The molecular formula is C23H19F3N4O4. The molecule has 0 spiro atoms. The standard InChI is InChI=1S/C23H19F3N4O4/c1-28-19(20(30(33)34)21(31)29(2)22(28)32)12-11-15-7-9-16(10-8-15)13-27-14-17-5-3-4-6-18(17)23(24,25)26/h3-13H,14H2,1-2H3/b12-11+,27-13?. The number of halogens is 3. The molecule has 176 valence electrons. The van der Waals surface area contributed by atoms with Crippen molar-refractivity contribution >= 4 is 24.1 Å². The first-order valence-corrected chi connectivity index (χ1v) is 9.88. The molecule has 0 bridgehead atoms. The van der Waals surface area contributed by atoms with Crippen molar-refractivity contribution < 1.29 is 18.1 Å². The van der Waals surface area contributed by atoms with Crippen LogP contribution in [0.4, 0.5) is 18.9 Å². The smallest absolute Gasteiger partial charge is 0.291 e. The van der Waals surface area contributed by atoms with Crippen LogP contribution >= 0.6 is 0 Å². The summed E-state index contributed by atoms with van der Waals surface area (Å²) in [5.74, 6) is 0. The highest BCUT2D eigenvalue weighted by molar-refractivity contribution is 5.81. The van der Waals surface area contributed by atoms with Gasteiger partial charge in [-0.3, -0.25) is 29.0 Å². The van der Waals surface area contributed by atoms with Crippen LogP contribution in [-0.4, -0.2) is 20.3 Å². The highest BCUT2D eigenvalue weighted by Gasteiger charge is 2.32. The Hall–Kier alpha value is -4.28. The van der Waals surface area contributed by atoms with Gasteiger partial charge >= 0.3 is 23.1 Å². The van der Waals surface area contributed by atoms with Gasteiger partial charge in [0.2, 0.25) is 0 Å². The van der Waals surface area contributed by atoms with E-state index in [0.29, 0.717) is 15.7 Å². The van der Waals surface area contributed by atoms with Gasteiger partial charge in [0, 0.05) is 20.3 Å². The summed E-state index contributed by atoms with van der Waals surface area (Å²) in [6.07, 6.45) is -0.211. The first kappa shape index (κ1) is 24.4. The Balaban J connectivity index is 1.80. The van der Waals surface area contributed by atoms with Gasteiger partial charge in [-0.05, 0) is 28.8 Å². The number of hydrogen-bond donors (Lipinski definition) is 0. The van der Waals surface area contributed by atoms with E-state index in [-0.39, 0.29) is 17.8 Å².